The first kappa shape index (κ1) is 14.1. The molecular weight excluding hydrogens is 333 g/mol. The van der Waals surface area contributed by atoms with Gasteiger partial charge < -0.3 is 10.6 Å². The van der Waals surface area contributed by atoms with Gasteiger partial charge in [-0.15, -0.1) is 29.1 Å². The van der Waals surface area contributed by atoms with Crippen LogP contribution in [0, 0.1) is 5.92 Å². The number of rotatable bonds is 4. The number of hydrogen-bond donors (Lipinski definition) is 1. The summed E-state index contributed by atoms with van der Waals surface area (Å²) in [5, 5.41) is 11.6. The van der Waals surface area contributed by atoms with Crippen molar-refractivity contribution in [2.45, 2.75) is 25.9 Å². The van der Waals surface area contributed by atoms with Gasteiger partial charge in [0.15, 0.2) is 11.8 Å². The lowest BCUT2D eigenvalue weighted by Crippen LogP contribution is -2.30. The van der Waals surface area contributed by atoms with E-state index in [4.69, 9.17) is 5.73 Å². The predicted molar refractivity (Wildman–Crippen MR) is 75.0 cm³/mol. The SMILES string of the molecule is CN(C)C(N)=NCc1nnnn1CC1CC1.I. The van der Waals surface area contributed by atoms with Crippen LogP contribution in [0.2, 0.25) is 0 Å². The lowest BCUT2D eigenvalue weighted by molar-refractivity contribution is 0.522. The van der Waals surface area contributed by atoms with E-state index < -0.39 is 0 Å². The second-order valence-corrected chi connectivity index (χ2v) is 4.29. The lowest BCUT2D eigenvalue weighted by atomic mass is 10.4. The molecule has 1 aromatic rings. The van der Waals surface area contributed by atoms with Gasteiger partial charge in [0.1, 0.15) is 6.54 Å². The van der Waals surface area contributed by atoms with Gasteiger partial charge in [0.25, 0.3) is 0 Å². The molecule has 0 aromatic carbocycles. The standard InChI is InChI=1S/C9H17N7.HI/c1-15(2)9(10)11-5-8-12-13-14-16(8)6-7-3-4-7;/h7H,3-6H2,1-2H3,(H2,10,11);1H. The van der Waals surface area contributed by atoms with Crippen LogP contribution in [-0.4, -0.2) is 45.2 Å². The zero-order valence-corrected chi connectivity index (χ0v) is 12.4. The quantitative estimate of drug-likeness (QED) is 0.472. The number of guanidine groups is 1. The minimum atomic E-state index is 0. The van der Waals surface area contributed by atoms with Crippen molar-refractivity contribution in [3.63, 3.8) is 0 Å². The fraction of sp³-hybridized carbons (Fsp3) is 0.778. The average Bonchev–Trinajstić information content (AvgIpc) is 2.94. The third-order valence-corrected chi connectivity index (χ3v) is 2.57. The summed E-state index contributed by atoms with van der Waals surface area (Å²) in [6.45, 7) is 1.34. The molecule has 1 heterocycles. The van der Waals surface area contributed by atoms with Crippen molar-refractivity contribution in [2.75, 3.05) is 14.1 Å². The van der Waals surface area contributed by atoms with Crippen molar-refractivity contribution in [3.8, 4) is 0 Å². The first-order chi connectivity index (χ1) is 7.66. The highest BCUT2D eigenvalue weighted by Gasteiger charge is 2.23. The Morgan fingerprint density at radius 1 is 1.53 bits per heavy atom. The molecule has 0 bridgehead atoms. The van der Waals surface area contributed by atoms with Gasteiger partial charge in [0.2, 0.25) is 0 Å². The van der Waals surface area contributed by atoms with Crippen LogP contribution in [0.1, 0.15) is 18.7 Å². The van der Waals surface area contributed by atoms with Crippen LogP contribution in [0.4, 0.5) is 0 Å². The fourth-order valence-corrected chi connectivity index (χ4v) is 1.32. The van der Waals surface area contributed by atoms with Crippen molar-refractivity contribution in [2.24, 2.45) is 16.6 Å². The van der Waals surface area contributed by atoms with E-state index >= 15 is 0 Å². The minimum Gasteiger partial charge on any atom is -0.370 e. The highest BCUT2D eigenvalue weighted by molar-refractivity contribution is 14.0. The molecular formula is C9H18IN7. The Hall–Kier alpha value is -0.930. The van der Waals surface area contributed by atoms with Crippen LogP contribution in [0.25, 0.3) is 0 Å². The maximum Gasteiger partial charge on any atom is 0.191 e. The molecule has 0 radical (unpaired) electrons. The topological polar surface area (TPSA) is 85.2 Å². The van der Waals surface area contributed by atoms with Crippen LogP contribution < -0.4 is 5.73 Å². The molecule has 2 N–H and O–H groups in total. The zero-order chi connectivity index (χ0) is 11.5. The summed E-state index contributed by atoms with van der Waals surface area (Å²) in [6.07, 6.45) is 2.56. The van der Waals surface area contributed by atoms with E-state index in [1.54, 1.807) is 4.90 Å². The Kier molecular flexibility index (Phi) is 5.09. The van der Waals surface area contributed by atoms with E-state index in [-0.39, 0.29) is 24.0 Å². The molecule has 1 aliphatic rings. The molecule has 1 fully saturated rings. The fourth-order valence-electron chi connectivity index (χ4n) is 1.32. The van der Waals surface area contributed by atoms with E-state index in [1.165, 1.54) is 12.8 Å². The number of nitrogens with zero attached hydrogens (tertiary/aromatic N) is 6. The molecule has 96 valence electrons. The Balaban J connectivity index is 0.00000144. The summed E-state index contributed by atoms with van der Waals surface area (Å²) in [6, 6.07) is 0. The Morgan fingerprint density at radius 2 is 2.24 bits per heavy atom. The molecule has 17 heavy (non-hydrogen) atoms. The molecule has 0 aliphatic heterocycles. The summed E-state index contributed by atoms with van der Waals surface area (Å²) in [4.78, 5) is 5.97. The average molecular weight is 351 g/mol. The number of aromatic nitrogens is 4. The van der Waals surface area contributed by atoms with Gasteiger partial charge in [0.05, 0.1) is 0 Å². The second kappa shape index (κ2) is 6.12. The molecule has 0 spiro atoms. The summed E-state index contributed by atoms with van der Waals surface area (Å²) in [5.74, 6) is 2.01. The highest BCUT2D eigenvalue weighted by Crippen LogP contribution is 2.30. The number of hydrogen-bond acceptors (Lipinski definition) is 4. The Labute approximate surface area is 117 Å². The molecule has 0 saturated heterocycles. The number of aliphatic imine (C=N–C) groups is 1. The first-order valence-electron chi connectivity index (χ1n) is 5.39. The van der Waals surface area contributed by atoms with Crippen LogP contribution in [0.15, 0.2) is 4.99 Å². The number of halogens is 1. The van der Waals surface area contributed by atoms with E-state index in [1.807, 2.05) is 18.8 Å². The molecule has 0 atom stereocenters. The first-order valence-corrected chi connectivity index (χ1v) is 5.39. The van der Waals surface area contributed by atoms with Crippen LogP contribution in [0.3, 0.4) is 0 Å². The van der Waals surface area contributed by atoms with Gasteiger partial charge in [-0.05, 0) is 29.2 Å². The third-order valence-electron chi connectivity index (χ3n) is 2.57. The predicted octanol–water partition coefficient (Wildman–Crippen LogP) is 0.0774. The monoisotopic (exact) mass is 351 g/mol. The molecule has 7 nitrogen and oxygen atoms in total. The van der Waals surface area contributed by atoms with E-state index in [0.717, 1.165) is 18.3 Å². The molecule has 2 rings (SSSR count). The summed E-state index contributed by atoms with van der Waals surface area (Å²) < 4.78 is 1.82. The van der Waals surface area contributed by atoms with Gasteiger partial charge in [-0.1, -0.05) is 0 Å². The molecule has 8 heteroatoms. The molecule has 1 aliphatic carbocycles. The van der Waals surface area contributed by atoms with E-state index in [0.29, 0.717) is 12.5 Å². The number of tetrazole rings is 1. The summed E-state index contributed by atoms with van der Waals surface area (Å²) in [7, 11) is 3.71. The lowest BCUT2D eigenvalue weighted by Gasteiger charge is -2.10. The summed E-state index contributed by atoms with van der Waals surface area (Å²) in [5.41, 5.74) is 5.69. The van der Waals surface area contributed by atoms with E-state index in [9.17, 15) is 0 Å². The van der Waals surface area contributed by atoms with Crippen molar-refractivity contribution < 1.29 is 0 Å². The maximum absolute atomic E-state index is 5.69. The van der Waals surface area contributed by atoms with Gasteiger partial charge in [0, 0.05) is 20.6 Å². The van der Waals surface area contributed by atoms with Gasteiger partial charge in [-0.2, -0.15) is 0 Å². The Morgan fingerprint density at radius 3 is 2.82 bits per heavy atom. The maximum atomic E-state index is 5.69. The molecule has 0 amide bonds. The largest absolute Gasteiger partial charge is 0.370 e. The number of nitrogens with two attached hydrogens (primary N) is 1. The normalized spacial score (nSPS) is 15.5. The highest BCUT2D eigenvalue weighted by atomic mass is 127. The van der Waals surface area contributed by atoms with Crippen molar-refractivity contribution in [1.82, 2.24) is 25.1 Å². The molecule has 1 saturated carbocycles. The zero-order valence-electron chi connectivity index (χ0n) is 10.1. The van der Waals surface area contributed by atoms with Gasteiger partial charge in [-0.3, -0.25) is 0 Å². The van der Waals surface area contributed by atoms with E-state index in [2.05, 4.69) is 20.5 Å². The van der Waals surface area contributed by atoms with Crippen molar-refractivity contribution in [3.05, 3.63) is 5.82 Å². The van der Waals surface area contributed by atoms with Crippen molar-refractivity contribution >= 4 is 29.9 Å². The van der Waals surface area contributed by atoms with Gasteiger partial charge >= 0.3 is 0 Å². The van der Waals surface area contributed by atoms with Crippen molar-refractivity contribution in [1.29, 1.82) is 0 Å². The molecule has 1 aromatic heterocycles. The second-order valence-electron chi connectivity index (χ2n) is 4.29. The van der Waals surface area contributed by atoms with Crippen LogP contribution in [-0.2, 0) is 13.1 Å². The third kappa shape index (κ3) is 4.10. The van der Waals surface area contributed by atoms with Crippen LogP contribution in [0.5, 0.6) is 0 Å². The van der Waals surface area contributed by atoms with Crippen LogP contribution >= 0.6 is 24.0 Å². The molecule has 0 unspecified atom stereocenters. The Bertz CT molecular complexity index is 382. The van der Waals surface area contributed by atoms with Gasteiger partial charge in [-0.25, -0.2) is 9.67 Å². The summed E-state index contributed by atoms with van der Waals surface area (Å²) >= 11 is 0. The smallest absolute Gasteiger partial charge is 0.191 e. The minimum absolute atomic E-state index is 0.